The third-order valence-corrected chi connectivity index (χ3v) is 7.67. The fourth-order valence-electron chi connectivity index (χ4n) is 3.51. The first-order chi connectivity index (χ1) is 11.5. The summed E-state index contributed by atoms with van der Waals surface area (Å²) < 4.78 is 29.8. The van der Waals surface area contributed by atoms with Crippen LogP contribution in [0, 0.1) is 5.92 Å². The predicted octanol–water partition coefficient (Wildman–Crippen LogP) is 1.06. The molecule has 2 aliphatic rings. The maximum Gasteiger partial charge on any atom is 0.316 e. The minimum absolute atomic E-state index is 0.0515. The van der Waals surface area contributed by atoms with E-state index in [1.165, 1.54) is 0 Å². The molecule has 1 atom stereocenters. The monoisotopic (exact) mass is 353 g/mol. The highest BCUT2D eigenvalue weighted by atomic mass is 32.2. The van der Waals surface area contributed by atoms with Crippen molar-refractivity contribution in [1.29, 1.82) is 0 Å². The van der Waals surface area contributed by atoms with Crippen molar-refractivity contribution in [3.63, 3.8) is 0 Å². The van der Waals surface area contributed by atoms with E-state index in [9.17, 15) is 13.2 Å². The third kappa shape index (κ3) is 2.99. The maximum atomic E-state index is 12.5. The Morgan fingerprint density at radius 1 is 1.38 bits per heavy atom. The van der Waals surface area contributed by atoms with E-state index in [1.54, 1.807) is 23.4 Å². The number of aromatic nitrogens is 2. The van der Waals surface area contributed by atoms with Crippen molar-refractivity contribution in [2.24, 2.45) is 5.92 Å². The van der Waals surface area contributed by atoms with Crippen LogP contribution in [0.4, 0.5) is 0 Å². The lowest BCUT2D eigenvalue weighted by Crippen LogP contribution is -2.68. The topological polar surface area (TPSA) is 89.5 Å². The minimum Gasteiger partial charge on any atom is -0.463 e. The fraction of sp³-hybridized carbons (Fsp3) is 0.688. The highest BCUT2D eigenvalue weighted by Gasteiger charge is 2.62. The quantitative estimate of drug-likeness (QED) is 0.760. The highest BCUT2D eigenvalue weighted by molar-refractivity contribution is 7.93. The molecule has 2 fully saturated rings. The molecule has 0 unspecified atom stereocenters. The molecule has 1 aromatic heterocycles. The number of likely N-dealkylation sites (tertiary alicyclic amines) is 1. The molecular weight excluding hydrogens is 330 g/mol. The Morgan fingerprint density at radius 2 is 2.08 bits per heavy atom. The highest BCUT2D eigenvalue weighted by Crippen LogP contribution is 2.45. The van der Waals surface area contributed by atoms with Crippen LogP contribution in [0.25, 0.3) is 0 Å². The summed E-state index contributed by atoms with van der Waals surface area (Å²) in [6.45, 7) is 2.88. The summed E-state index contributed by atoms with van der Waals surface area (Å²) in [7, 11) is -3.21. The van der Waals surface area contributed by atoms with Gasteiger partial charge in [0, 0.05) is 37.8 Å². The van der Waals surface area contributed by atoms with Crippen molar-refractivity contribution < 1.29 is 17.9 Å². The molecule has 0 aliphatic carbocycles. The van der Waals surface area contributed by atoms with Gasteiger partial charge in [-0.3, -0.25) is 4.79 Å². The average molecular weight is 353 g/mol. The van der Waals surface area contributed by atoms with E-state index < -0.39 is 14.6 Å². The van der Waals surface area contributed by atoms with Crippen molar-refractivity contribution in [3.05, 3.63) is 18.5 Å². The van der Waals surface area contributed by atoms with Crippen LogP contribution in [-0.2, 0) is 14.6 Å². The van der Waals surface area contributed by atoms with Gasteiger partial charge in [-0.15, -0.1) is 0 Å². The zero-order valence-electron chi connectivity index (χ0n) is 13.8. The van der Waals surface area contributed by atoms with Crippen molar-refractivity contribution in [2.75, 3.05) is 25.4 Å². The van der Waals surface area contributed by atoms with E-state index >= 15 is 0 Å². The molecule has 1 amide bonds. The van der Waals surface area contributed by atoms with Gasteiger partial charge in [0.1, 0.15) is 4.75 Å². The zero-order chi connectivity index (χ0) is 17.2. The Morgan fingerprint density at radius 3 is 2.75 bits per heavy atom. The summed E-state index contributed by atoms with van der Waals surface area (Å²) in [6.07, 6.45) is 6.02. The van der Waals surface area contributed by atoms with Crippen LogP contribution in [0.2, 0.25) is 0 Å². The van der Waals surface area contributed by atoms with E-state index in [1.807, 2.05) is 6.92 Å². The second kappa shape index (κ2) is 6.66. The number of carbonyl (C=O) groups excluding carboxylic acids is 1. The molecule has 3 heterocycles. The van der Waals surface area contributed by atoms with E-state index in [0.717, 1.165) is 12.8 Å². The standard InChI is InChI=1S/C16H23N3O4S/c1-2-3-5-14(20)19-11-16(12-19)13(6-9-24(16,21)22)10-23-15-17-7-4-8-18-15/h4,7-8,13H,2-3,5-6,9-12H2,1H3/t13-/m1/s1. The van der Waals surface area contributed by atoms with E-state index in [4.69, 9.17) is 4.74 Å². The third-order valence-electron chi connectivity index (χ3n) is 5.07. The number of rotatable bonds is 6. The van der Waals surface area contributed by atoms with Crippen molar-refractivity contribution >= 4 is 15.7 Å². The summed E-state index contributed by atoms with van der Waals surface area (Å²) in [6, 6.07) is 1.95. The number of hydrogen-bond donors (Lipinski definition) is 0. The molecule has 24 heavy (non-hydrogen) atoms. The number of amides is 1. The minimum atomic E-state index is -3.21. The van der Waals surface area contributed by atoms with Crippen LogP contribution in [0.5, 0.6) is 6.01 Å². The summed E-state index contributed by atoms with van der Waals surface area (Å²) in [5.74, 6) is 0.0883. The largest absolute Gasteiger partial charge is 0.463 e. The van der Waals surface area contributed by atoms with Crippen molar-refractivity contribution in [2.45, 2.75) is 37.4 Å². The van der Waals surface area contributed by atoms with Gasteiger partial charge >= 0.3 is 6.01 Å². The van der Waals surface area contributed by atoms with Gasteiger partial charge < -0.3 is 9.64 Å². The number of unbranched alkanes of at least 4 members (excludes halogenated alkanes) is 1. The lowest BCUT2D eigenvalue weighted by atomic mass is 9.83. The lowest BCUT2D eigenvalue weighted by Gasteiger charge is -2.49. The molecule has 3 rings (SSSR count). The lowest BCUT2D eigenvalue weighted by molar-refractivity contribution is -0.137. The number of nitrogens with zero attached hydrogens (tertiary/aromatic N) is 3. The Kier molecular flexibility index (Phi) is 4.76. The van der Waals surface area contributed by atoms with Crippen LogP contribution in [-0.4, -0.2) is 59.4 Å². The average Bonchev–Trinajstić information content (AvgIpc) is 2.81. The number of ether oxygens (including phenoxy) is 1. The van der Waals surface area contributed by atoms with Gasteiger partial charge in [-0.1, -0.05) is 13.3 Å². The molecule has 1 spiro atoms. The second-order valence-corrected chi connectivity index (χ2v) is 9.02. The molecule has 2 saturated heterocycles. The van der Waals surface area contributed by atoms with E-state index in [0.29, 0.717) is 25.9 Å². The Balaban J connectivity index is 1.65. The van der Waals surface area contributed by atoms with E-state index in [-0.39, 0.29) is 30.2 Å². The normalized spacial score (nSPS) is 23.9. The van der Waals surface area contributed by atoms with Crippen molar-refractivity contribution in [1.82, 2.24) is 14.9 Å². The van der Waals surface area contributed by atoms with Gasteiger partial charge in [-0.25, -0.2) is 18.4 Å². The summed E-state index contributed by atoms with van der Waals surface area (Å²) >= 11 is 0. The fourth-order valence-corrected chi connectivity index (χ4v) is 5.91. The first-order valence-corrected chi connectivity index (χ1v) is 10.0. The number of sulfone groups is 1. The van der Waals surface area contributed by atoms with E-state index in [2.05, 4.69) is 9.97 Å². The van der Waals surface area contributed by atoms with Crippen LogP contribution in [0.3, 0.4) is 0 Å². The maximum absolute atomic E-state index is 12.5. The van der Waals surface area contributed by atoms with Gasteiger partial charge in [0.2, 0.25) is 5.91 Å². The van der Waals surface area contributed by atoms with Gasteiger partial charge in [0.05, 0.1) is 12.4 Å². The molecule has 0 radical (unpaired) electrons. The Bertz CT molecular complexity index is 687. The molecule has 132 valence electrons. The Hall–Kier alpha value is -1.70. The number of carbonyl (C=O) groups is 1. The summed E-state index contributed by atoms with van der Waals surface area (Å²) in [5, 5.41) is 0. The molecule has 0 aromatic carbocycles. The van der Waals surface area contributed by atoms with Crippen molar-refractivity contribution in [3.8, 4) is 6.01 Å². The summed E-state index contributed by atoms with van der Waals surface area (Å²) in [5.41, 5.74) is 0. The first-order valence-electron chi connectivity index (χ1n) is 8.38. The molecule has 1 aromatic rings. The second-order valence-electron chi connectivity index (χ2n) is 6.56. The molecule has 8 heteroatoms. The van der Waals surface area contributed by atoms with Crippen LogP contribution < -0.4 is 4.74 Å². The first kappa shape index (κ1) is 17.1. The number of hydrogen-bond acceptors (Lipinski definition) is 6. The van der Waals surface area contributed by atoms with Gasteiger partial charge in [-0.2, -0.15) is 0 Å². The molecule has 0 N–H and O–H groups in total. The van der Waals surface area contributed by atoms with Crippen LogP contribution in [0.1, 0.15) is 32.6 Å². The zero-order valence-corrected chi connectivity index (χ0v) is 14.7. The predicted molar refractivity (Wildman–Crippen MR) is 88.3 cm³/mol. The van der Waals surface area contributed by atoms with Gasteiger partial charge in [0.15, 0.2) is 9.84 Å². The van der Waals surface area contributed by atoms with Crippen LogP contribution in [0.15, 0.2) is 18.5 Å². The van der Waals surface area contributed by atoms with Gasteiger partial charge in [0.25, 0.3) is 0 Å². The molecule has 0 bridgehead atoms. The molecule has 2 aliphatic heterocycles. The molecular formula is C16H23N3O4S. The smallest absolute Gasteiger partial charge is 0.316 e. The molecule has 0 saturated carbocycles. The SMILES string of the molecule is CCCCC(=O)N1CC2(C1)[C@@H](COc1ncccn1)CCS2(=O)=O. The molecule has 7 nitrogen and oxygen atoms in total. The van der Waals surface area contributed by atoms with Gasteiger partial charge in [-0.05, 0) is 18.9 Å². The summed E-state index contributed by atoms with van der Waals surface area (Å²) in [4.78, 5) is 21.8. The Labute approximate surface area is 142 Å². The van der Waals surface area contributed by atoms with Crippen LogP contribution >= 0.6 is 0 Å².